The molecule has 2 N–H and O–H groups in total. The van der Waals surface area contributed by atoms with Crippen LogP contribution in [0.5, 0.6) is 0 Å². The number of hydrogen-bond acceptors (Lipinski definition) is 4. The average Bonchev–Trinajstić information content (AvgIpc) is 2.44. The fraction of sp³-hybridized carbons (Fsp3) is 0.571. The molecule has 6 nitrogen and oxygen atoms in total. The smallest absolute Gasteiger partial charge is 0.311 e. The minimum Gasteiger partial charge on any atom is -0.481 e. The number of carboxylic acids is 1. The van der Waals surface area contributed by atoms with Gasteiger partial charge in [-0.15, -0.1) is 0 Å². The molecule has 0 amide bonds. The van der Waals surface area contributed by atoms with Crippen LogP contribution < -0.4 is 5.32 Å². The molecule has 0 fully saturated rings. The van der Waals surface area contributed by atoms with Crippen molar-refractivity contribution in [1.29, 1.82) is 0 Å². The number of aromatic nitrogens is 3. The third kappa shape index (κ3) is 1.61. The molecule has 0 unspecified atom stereocenters. The zero-order chi connectivity index (χ0) is 9.26. The molecule has 0 aliphatic carbocycles. The van der Waals surface area contributed by atoms with Crippen molar-refractivity contribution < 1.29 is 9.90 Å². The molecule has 0 bridgehead atoms. The molecule has 1 aliphatic heterocycles. The Hall–Kier alpha value is -1.59. The van der Waals surface area contributed by atoms with Gasteiger partial charge in [0.15, 0.2) is 5.82 Å². The number of rotatable bonds is 2. The summed E-state index contributed by atoms with van der Waals surface area (Å²) in [6.45, 7) is 1.69. The predicted octanol–water partition coefficient (Wildman–Crippen LogP) is -0.279. The zero-order valence-corrected chi connectivity index (χ0v) is 7.03. The van der Waals surface area contributed by atoms with Gasteiger partial charge in [0.25, 0.3) is 0 Å². The Morgan fingerprint density at radius 2 is 2.54 bits per heavy atom. The van der Waals surface area contributed by atoms with Gasteiger partial charge in [-0.05, 0) is 6.42 Å². The number of carboxylic acid groups (broad SMARTS) is 1. The molecule has 1 aromatic heterocycles. The molecule has 0 atom stereocenters. The van der Waals surface area contributed by atoms with E-state index in [2.05, 4.69) is 15.4 Å². The summed E-state index contributed by atoms with van der Waals surface area (Å²) in [4.78, 5) is 14.4. The summed E-state index contributed by atoms with van der Waals surface area (Å²) in [5.74, 6) is 0.155. The number of hydrogen-bond donors (Lipinski definition) is 2. The van der Waals surface area contributed by atoms with Crippen molar-refractivity contribution in [2.24, 2.45) is 0 Å². The van der Waals surface area contributed by atoms with Crippen molar-refractivity contribution in [1.82, 2.24) is 14.8 Å². The summed E-state index contributed by atoms with van der Waals surface area (Å²) < 4.78 is 1.71. The van der Waals surface area contributed by atoms with E-state index in [0.29, 0.717) is 11.8 Å². The first kappa shape index (κ1) is 8.03. The molecule has 2 heterocycles. The van der Waals surface area contributed by atoms with Crippen LogP contribution in [0.3, 0.4) is 0 Å². The van der Waals surface area contributed by atoms with E-state index in [1.54, 1.807) is 4.68 Å². The van der Waals surface area contributed by atoms with Gasteiger partial charge >= 0.3 is 5.97 Å². The second-order valence-corrected chi connectivity index (χ2v) is 2.93. The predicted molar refractivity (Wildman–Crippen MR) is 44.5 cm³/mol. The first-order valence-corrected chi connectivity index (χ1v) is 4.15. The van der Waals surface area contributed by atoms with Crippen molar-refractivity contribution in [3.05, 3.63) is 5.82 Å². The number of nitrogens with zero attached hydrogens (tertiary/aromatic N) is 3. The van der Waals surface area contributed by atoms with Crippen LogP contribution in [-0.2, 0) is 17.8 Å². The second kappa shape index (κ2) is 3.04. The van der Waals surface area contributed by atoms with Gasteiger partial charge < -0.3 is 10.4 Å². The van der Waals surface area contributed by atoms with Crippen LogP contribution in [-0.4, -0.2) is 32.4 Å². The van der Waals surface area contributed by atoms with E-state index in [0.717, 1.165) is 19.5 Å². The van der Waals surface area contributed by atoms with Gasteiger partial charge in [0.05, 0.1) is 0 Å². The quantitative estimate of drug-likeness (QED) is 0.657. The maximum absolute atomic E-state index is 10.4. The Bertz CT molecular complexity index is 310. The normalized spacial score (nSPS) is 14.8. The summed E-state index contributed by atoms with van der Waals surface area (Å²) in [7, 11) is 0. The second-order valence-electron chi connectivity index (χ2n) is 2.93. The lowest BCUT2D eigenvalue weighted by Gasteiger charge is -2.12. The Morgan fingerprint density at radius 1 is 1.69 bits per heavy atom. The van der Waals surface area contributed by atoms with Gasteiger partial charge in [-0.25, -0.2) is 4.68 Å². The van der Waals surface area contributed by atoms with Crippen LogP contribution in [0, 0.1) is 0 Å². The number of fused-ring (bicyclic) bond motifs is 1. The topological polar surface area (TPSA) is 80.0 Å². The number of carbonyl (C=O) groups is 1. The maximum atomic E-state index is 10.4. The van der Waals surface area contributed by atoms with E-state index in [9.17, 15) is 4.79 Å². The van der Waals surface area contributed by atoms with Crippen molar-refractivity contribution in [2.75, 3.05) is 11.9 Å². The van der Waals surface area contributed by atoms with Crippen LogP contribution >= 0.6 is 0 Å². The van der Waals surface area contributed by atoms with Crippen LogP contribution in [0.2, 0.25) is 0 Å². The van der Waals surface area contributed by atoms with Gasteiger partial charge in [0.1, 0.15) is 6.42 Å². The van der Waals surface area contributed by atoms with Gasteiger partial charge in [0, 0.05) is 13.1 Å². The molecule has 0 spiro atoms. The summed E-state index contributed by atoms with van der Waals surface area (Å²) in [6, 6.07) is 0. The Kier molecular flexibility index (Phi) is 1.88. The average molecular weight is 182 g/mol. The van der Waals surface area contributed by atoms with Crippen LogP contribution in [0.15, 0.2) is 0 Å². The molecule has 1 aliphatic rings. The fourth-order valence-corrected chi connectivity index (χ4v) is 1.31. The molecular weight excluding hydrogens is 172 g/mol. The van der Waals surface area contributed by atoms with Crippen molar-refractivity contribution >= 4 is 11.9 Å². The van der Waals surface area contributed by atoms with Crippen molar-refractivity contribution in [3.8, 4) is 0 Å². The van der Waals surface area contributed by atoms with E-state index in [-0.39, 0.29) is 6.42 Å². The van der Waals surface area contributed by atoms with Gasteiger partial charge in [-0.2, -0.15) is 10.1 Å². The zero-order valence-electron chi connectivity index (χ0n) is 7.03. The SMILES string of the molecule is O=C(O)Cc1nc2n(n1)CCCN2. The third-order valence-corrected chi connectivity index (χ3v) is 1.85. The van der Waals surface area contributed by atoms with Crippen LogP contribution in [0.1, 0.15) is 12.2 Å². The minimum absolute atomic E-state index is 0.109. The highest BCUT2D eigenvalue weighted by Crippen LogP contribution is 2.10. The van der Waals surface area contributed by atoms with Crippen molar-refractivity contribution in [2.45, 2.75) is 19.4 Å². The Balaban J connectivity index is 2.20. The molecule has 70 valence electrons. The largest absolute Gasteiger partial charge is 0.481 e. The Morgan fingerprint density at radius 3 is 3.23 bits per heavy atom. The molecule has 6 heteroatoms. The van der Waals surface area contributed by atoms with E-state index >= 15 is 0 Å². The van der Waals surface area contributed by atoms with E-state index in [4.69, 9.17) is 5.11 Å². The Labute approximate surface area is 74.6 Å². The lowest BCUT2D eigenvalue weighted by molar-refractivity contribution is -0.136. The van der Waals surface area contributed by atoms with Gasteiger partial charge in [-0.3, -0.25) is 4.79 Å². The fourth-order valence-electron chi connectivity index (χ4n) is 1.31. The maximum Gasteiger partial charge on any atom is 0.311 e. The molecule has 13 heavy (non-hydrogen) atoms. The highest BCUT2D eigenvalue weighted by atomic mass is 16.4. The summed E-state index contributed by atoms with van der Waals surface area (Å²) >= 11 is 0. The summed E-state index contributed by atoms with van der Waals surface area (Å²) in [6.07, 6.45) is 0.893. The number of aliphatic carboxylic acids is 1. The molecule has 0 radical (unpaired) electrons. The van der Waals surface area contributed by atoms with Crippen LogP contribution in [0.25, 0.3) is 0 Å². The monoisotopic (exact) mass is 182 g/mol. The molecule has 0 aromatic carbocycles. The van der Waals surface area contributed by atoms with Gasteiger partial charge in [-0.1, -0.05) is 0 Å². The van der Waals surface area contributed by atoms with E-state index in [1.165, 1.54) is 0 Å². The first-order chi connectivity index (χ1) is 6.25. The molecule has 1 aromatic rings. The highest BCUT2D eigenvalue weighted by molar-refractivity contribution is 5.69. The van der Waals surface area contributed by atoms with Crippen molar-refractivity contribution in [3.63, 3.8) is 0 Å². The van der Waals surface area contributed by atoms with Crippen LogP contribution in [0.4, 0.5) is 5.95 Å². The summed E-state index contributed by atoms with van der Waals surface area (Å²) in [5, 5.41) is 15.6. The first-order valence-electron chi connectivity index (χ1n) is 4.15. The standard InChI is InChI=1S/C7H10N4O2/c12-6(13)4-5-9-7-8-2-1-3-11(7)10-5/h1-4H2,(H,12,13)(H,8,9,10). The van der Waals surface area contributed by atoms with Gasteiger partial charge in [0.2, 0.25) is 5.95 Å². The molecule has 0 saturated carbocycles. The molecule has 2 rings (SSSR count). The molecule has 0 saturated heterocycles. The number of anilines is 1. The number of aryl methyl sites for hydroxylation is 1. The highest BCUT2D eigenvalue weighted by Gasteiger charge is 2.14. The lowest BCUT2D eigenvalue weighted by Crippen LogP contribution is -2.17. The lowest BCUT2D eigenvalue weighted by atomic mass is 10.4. The summed E-state index contributed by atoms with van der Waals surface area (Å²) in [5.41, 5.74) is 0. The van der Waals surface area contributed by atoms with E-state index in [1.807, 2.05) is 0 Å². The molecular formula is C7H10N4O2. The minimum atomic E-state index is -0.900. The number of nitrogens with one attached hydrogen (secondary N) is 1. The van der Waals surface area contributed by atoms with E-state index < -0.39 is 5.97 Å². The third-order valence-electron chi connectivity index (χ3n) is 1.85.